The molecule has 0 aliphatic heterocycles. The van der Waals surface area contributed by atoms with Crippen LogP contribution in [0.5, 0.6) is 0 Å². The fourth-order valence-corrected chi connectivity index (χ4v) is 3.70. The van der Waals surface area contributed by atoms with Crippen LogP contribution in [0.2, 0.25) is 0 Å². The lowest BCUT2D eigenvalue weighted by molar-refractivity contribution is 0.606. The highest BCUT2D eigenvalue weighted by Crippen LogP contribution is 2.31. The summed E-state index contributed by atoms with van der Waals surface area (Å²) in [4.78, 5) is 3.42. The molecule has 1 aromatic rings. The lowest BCUT2D eigenvalue weighted by Gasteiger charge is -2.11. The van der Waals surface area contributed by atoms with Gasteiger partial charge in [0, 0.05) is 22.1 Å². The number of H-pyrrole nitrogens is 1. The fourth-order valence-electron chi connectivity index (χ4n) is 2.13. The van der Waals surface area contributed by atoms with Gasteiger partial charge in [-0.1, -0.05) is 0 Å². The van der Waals surface area contributed by atoms with Gasteiger partial charge in [-0.3, -0.25) is 0 Å². The van der Waals surface area contributed by atoms with Crippen molar-refractivity contribution in [3.8, 4) is 0 Å². The Balaban J connectivity index is 2.65. The molecule has 1 aromatic heterocycles. The van der Waals surface area contributed by atoms with Crippen LogP contribution in [-0.2, 0) is 21.9 Å². The van der Waals surface area contributed by atoms with Crippen molar-refractivity contribution in [1.29, 1.82) is 0 Å². The van der Waals surface area contributed by atoms with Gasteiger partial charge in [0.2, 0.25) is 0 Å². The number of aromatic amines is 1. The van der Waals surface area contributed by atoms with Crippen LogP contribution in [0.15, 0.2) is 4.90 Å². The van der Waals surface area contributed by atoms with Gasteiger partial charge in [-0.15, -0.1) is 0 Å². The second-order valence-electron chi connectivity index (χ2n) is 3.68. The van der Waals surface area contributed by atoms with Crippen molar-refractivity contribution in [3.05, 3.63) is 17.0 Å². The van der Waals surface area contributed by atoms with E-state index in [0.717, 1.165) is 36.9 Å². The molecule has 0 radical (unpaired) electrons. The predicted octanol–water partition coefficient (Wildman–Crippen LogP) is 2.13. The average molecular weight is 234 g/mol. The number of fused-ring (bicyclic) bond motifs is 1. The Morgan fingerprint density at radius 1 is 1.29 bits per heavy atom. The van der Waals surface area contributed by atoms with Crippen molar-refractivity contribution in [2.24, 2.45) is 0 Å². The molecule has 0 spiro atoms. The van der Waals surface area contributed by atoms with E-state index in [1.807, 2.05) is 0 Å². The smallest absolute Gasteiger partial charge is 0.263 e. The molecule has 1 aliphatic rings. The minimum absolute atomic E-state index is 0.314. The molecule has 2 rings (SSSR count). The largest absolute Gasteiger partial charge is 0.361 e. The molecule has 3 nitrogen and oxygen atoms in total. The van der Waals surface area contributed by atoms with E-state index in [-0.39, 0.29) is 0 Å². The Bertz CT molecular complexity index is 461. The molecule has 0 amide bonds. The van der Waals surface area contributed by atoms with E-state index in [0.29, 0.717) is 10.6 Å². The van der Waals surface area contributed by atoms with Crippen LogP contribution in [0.4, 0.5) is 0 Å². The van der Waals surface area contributed by atoms with Gasteiger partial charge in [0.15, 0.2) is 0 Å². The minimum atomic E-state index is -3.59. The highest BCUT2D eigenvalue weighted by atomic mass is 35.7. The first kappa shape index (κ1) is 10.1. The topological polar surface area (TPSA) is 49.9 Å². The predicted molar refractivity (Wildman–Crippen MR) is 55.2 cm³/mol. The molecule has 5 heteroatoms. The number of rotatable bonds is 1. The molecule has 1 heterocycles. The van der Waals surface area contributed by atoms with Crippen LogP contribution in [0.25, 0.3) is 0 Å². The van der Waals surface area contributed by atoms with Gasteiger partial charge in [-0.25, -0.2) is 8.42 Å². The van der Waals surface area contributed by atoms with Crippen LogP contribution in [0, 0.1) is 6.92 Å². The lowest BCUT2D eigenvalue weighted by Crippen LogP contribution is -2.03. The minimum Gasteiger partial charge on any atom is -0.361 e. The van der Waals surface area contributed by atoms with E-state index >= 15 is 0 Å². The standard InChI is InChI=1S/C9H12ClNO2S/c1-6-9(14(10,12)13)7-4-2-3-5-8(7)11-6/h11H,2-5H2,1H3. The number of hydrogen-bond acceptors (Lipinski definition) is 2. The Kier molecular flexibility index (Phi) is 2.35. The third kappa shape index (κ3) is 1.57. The first-order valence-corrected chi connectivity index (χ1v) is 6.96. The summed E-state index contributed by atoms with van der Waals surface area (Å²) in [5.74, 6) is 0. The summed E-state index contributed by atoms with van der Waals surface area (Å²) in [5, 5.41) is 0. The summed E-state index contributed by atoms with van der Waals surface area (Å²) >= 11 is 0. The lowest BCUT2D eigenvalue weighted by atomic mass is 9.98. The molecule has 0 unspecified atom stereocenters. The number of halogens is 1. The third-order valence-electron chi connectivity index (χ3n) is 2.66. The number of hydrogen-bond donors (Lipinski definition) is 1. The summed E-state index contributed by atoms with van der Waals surface area (Å²) in [6.07, 6.45) is 3.92. The van der Waals surface area contributed by atoms with E-state index in [4.69, 9.17) is 10.7 Å². The number of aryl methyl sites for hydroxylation is 2. The molecule has 1 aliphatic carbocycles. The Labute approximate surface area is 87.9 Å². The van der Waals surface area contributed by atoms with Gasteiger partial charge in [-0.05, 0) is 38.2 Å². The van der Waals surface area contributed by atoms with Gasteiger partial charge >= 0.3 is 0 Å². The molecular weight excluding hydrogens is 222 g/mol. The maximum absolute atomic E-state index is 11.3. The van der Waals surface area contributed by atoms with Gasteiger partial charge in [0.05, 0.1) is 0 Å². The zero-order chi connectivity index (χ0) is 10.3. The summed E-state index contributed by atoms with van der Waals surface area (Å²) in [6.45, 7) is 1.76. The van der Waals surface area contributed by atoms with Gasteiger partial charge in [-0.2, -0.15) is 0 Å². The van der Waals surface area contributed by atoms with Crippen molar-refractivity contribution >= 4 is 19.7 Å². The van der Waals surface area contributed by atoms with Crippen LogP contribution in [0.3, 0.4) is 0 Å². The summed E-state index contributed by atoms with van der Waals surface area (Å²) in [7, 11) is 1.80. The third-order valence-corrected chi connectivity index (χ3v) is 4.17. The molecule has 0 fully saturated rings. The molecule has 0 aromatic carbocycles. The number of nitrogens with one attached hydrogen (secondary N) is 1. The molecular formula is C9H12ClNO2S. The van der Waals surface area contributed by atoms with E-state index in [1.54, 1.807) is 6.92 Å². The van der Waals surface area contributed by atoms with Gasteiger partial charge in [0.25, 0.3) is 9.05 Å². The van der Waals surface area contributed by atoms with E-state index in [1.165, 1.54) is 0 Å². The van der Waals surface area contributed by atoms with E-state index < -0.39 is 9.05 Å². The molecule has 78 valence electrons. The van der Waals surface area contributed by atoms with E-state index in [2.05, 4.69) is 4.98 Å². The Hall–Kier alpha value is -0.480. The van der Waals surface area contributed by atoms with Crippen molar-refractivity contribution in [3.63, 3.8) is 0 Å². The summed E-state index contributed by atoms with van der Waals surface area (Å²) in [6, 6.07) is 0. The Morgan fingerprint density at radius 2 is 1.93 bits per heavy atom. The van der Waals surface area contributed by atoms with E-state index in [9.17, 15) is 8.42 Å². The average Bonchev–Trinajstić information content (AvgIpc) is 2.38. The van der Waals surface area contributed by atoms with Crippen molar-refractivity contribution in [2.45, 2.75) is 37.5 Å². The maximum Gasteiger partial charge on any atom is 0.263 e. The van der Waals surface area contributed by atoms with Crippen molar-refractivity contribution in [2.75, 3.05) is 0 Å². The normalized spacial score (nSPS) is 16.7. The SMILES string of the molecule is Cc1[nH]c2c(c1S(=O)(=O)Cl)CCCC2. The maximum atomic E-state index is 11.3. The van der Waals surface area contributed by atoms with Crippen molar-refractivity contribution < 1.29 is 8.42 Å². The van der Waals surface area contributed by atoms with Crippen molar-refractivity contribution in [1.82, 2.24) is 4.98 Å². The molecule has 14 heavy (non-hydrogen) atoms. The quantitative estimate of drug-likeness (QED) is 0.756. The Morgan fingerprint density at radius 3 is 2.57 bits per heavy atom. The molecule has 0 atom stereocenters. The zero-order valence-electron chi connectivity index (χ0n) is 7.93. The van der Waals surface area contributed by atoms with Crippen LogP contribution >= 0.6 is 10.7 Å². The molecule has 0 bridgehead atoms. The summed E-state index contributed by atoms with van der Waals surface area (Å²) in [5.41, 5.74) is 2.63. The molecule has 0 saturated heterocycles. The molecule has 0 saturated carbocycles. The summed E-state index contributed by atoms with van der Waals surface area (Å²) < 4.78 is 22.7. The molecule has 1 N–H and O–H groups in total. The van der Waals surface area contributed by atoms with Gasteiger partial charge in [0.1, 0.15) is 4.90 Å². The second-order valence-corrected chi connectivity index (χ2v) is 6.18. The highest BCUT2D eigenvalue weighted by Gasteiger charge is 2.25. The van der Waals surface area contributed by atoms with Crippen LogP contribution in [0.1, 0.15) is 29.8 Å². The monoisotopic (exact) mass is 233 g/mol. The van der Waals surface area contributed by atoms with Crippen LogP contribution in [-0.4, -0.2) is 13.4 Å². The number of aromatic nitrogens is 1. The zero-order valence-corrected chi connectivity index (χ0v) is 9.50. The highest BCUT2D eigenvalue weighted by molar-refractivity contribution is 8.13. The second kappa shape index (κ2) is 3.28. The first-order valence-electron chi connectivity index (χ1n) is 4.65. The first-order chi connectivity index (χ1) is 6.50. The van der Waals surface area contributed by atoms with Crippen LogP contribution < -0.4 is 0 Å². The van der Waals surface area contributed by atoms with Gasteiger partial charge < -0.3 is 4.98 Å². The fraction of sp³-hybridized carbons (Fsp3) is 0.556.